The summed E-state index contributed by atoms with van der Waals surface area (Å²) in [7, 11) is 0. The number of para-hydroxylation sites is 1. The van der Waals surface area contributed by atoms with E-state index in [9.17, 15) is 9.59 Å². The van der Waals surface area contributed by atoms with Gasteiger partial charge in [-0.3, -0.25) is 9.59 Å². The molecule has 0 bridgehead atoms. The van der Waals surface area contributed by atoms with E-state index in [2.05, 4.69) is 15.7 Å². The van der Waals surface area contributed by atoms with Crippen LogP contribution < -0.4 is 20.1 Å². The van der Waals surface area contributed by atoms with E-state index >= 15 is 0 Å². The highest BCUT2D eigenvalue weighted by Crippen LogP contribution is 2.32. The molecule has 0 unspecified atom stereocenters. The molecule has 0 atom stereocenters. The minimum absolute atomic E-state index is 0.146. The topological polar surface area (TPSA) is 94.5 Å². The second kappa shape index (κ2) is 8.91. The van der Waals surface area contributed by atoms with Crippen molar-refractivity contribution in [2.75, 3.05) is 18.7 Å². The highest BCUT2D eigenvalue weighted by molar-refractivity contribution is 5.96. The Labute approximate surface area is 180 Å². The van der Waals surface area contributed by atoms with E-state index < -0.39 is 0 Å². The summed E-state index contributed by atoms with van der Waals surface area (Å²) in [6, 6.07) is 16.7. The molecule has 2 amide bonds. The van der Waals surface area contributed by atoms with Gasteiger partial charge in [-0.25, -0.2) is 4.68 Å². The Morgan fingerprint density at radius 3 is 2.61 bits per heavy atom. The molecule has 160 valence electrons. The first-order chi connectivity index (χ1) is 15.0. The lowest BCUT2D eigenvalue weighted by Crippen LogP contribution is -2.26. The number of hydrogen-bond acceptors (Lipinski definition) is 5. The van der Waals surface area contributed by atoms with Crippen LogP contribution in [0.4, 0.5) is 5.82 Å². The van der Waals surface area contributed by atoms with E-state index in [4.69, 9.17) is 9.47 Å². The average Bonchev–Trinajstić information content (AvgIpc) is 3.41. The van der Waals surface area contributed by atoms with Crippen molar-refractivity contribution >= 4 is 17.6 Å². The fourth-order valence-corrected chi connectivity index (χ4v) is 3.13. The van der Waals surface area contributed by atoms with Crippen molar-refractivity contribution in [3.8, 4) is 17.2 Å². The molecule has 0 radical (unpaired) electrons. The van der Waals surface area contributed by atoms with E-state index in [1.54, 1.807) is 10.7 Å². The van der Waals surface area contributed by atoms with Crippen molar-refractivity contribution in [3.63, 3.8) is 0 Å². The second-order valence-corrected chi connectivity index (χ2v) is 7.50. The Bertz CT molecular complexity index is 1090. The molecule has 8 heteroatoms. The zero-order valence-electron chi connectivity index (χ0n) is 17.4. The standard InChI is InChI=1S/C23H24N4O4/c1-15(2)22(28)25-21-13-18(26-27(21)17-6-4-3-5-7-17)23(29)24-11-10-16-8-9-19-20(12-16)31-14-30-19/h3-9,12-13,15H,10-11,14H2,1-2H3,(H,24,29)(H,25,28). The first-order valence-electron chi connectivity index (χ1n) is 10.1. The summed E-state index contributed by atoms with van der Waals surface area (Å²) in [4.78, 5) is 24.9. The van der Waals surface area contributed by atoms with Gasteiger partial charge in [0, 0.05) is 18.5 Å². The number of nitrogens with one attached hydrogen (secondary N) is 2. The van der Waals surface area contributed by atoms with Gasteiger partial charge in [0.1, 0.15) is 5.82 Å². The third-order valence-corrected chi connectivity index (χ3v) is 4.85. The lowest BCUT2D eigenvalue weighted by Gasteiger charge is -2.10. The van der Waals surface area contributed by atoms with Gasteiger partial charge in [0.2, 0.25) is 12.7 Å². The van der Waals surface area contributed by atoms with Gasteiger partial charge in [0.05, 0.1) is 5.69 Å². The molecule has 0 aliphatic carbocycles. The summed E-state index contributed by atoms with van der Waals surface area (Å²) in [6.07, 6.45) is 0.638. The van der Waals surface area contributed by atoms with Crippen LogP contribution in [0.3, 0.4) is 0 Å². The minimum Gasteiger partial charge on any atom is -0.454 e. The van der Waals surface area contributed by atoms with Crippen LogP contribution in [0.15, 0.2) is 54.6 Å². The van der Waals surface area contributed by atoms with E-state index in [1.165, 1.54) is 0 Å². The average molecular weight is 420 g/mol. The molecule has 1 aromatic heterocycles. The number of fused-ring (bicyclic) bond motifs is 1. The van der Waals surface area contributed by atoms with E-state index in [1.807, 2.05) is 62.4 Å². The predicted octanol–water partition coefficient (Wildman–Crippen LogP) is 3.17. The molecule has 8 nitrogen and oxygen atoms in total. The summed E-state index contributed by atoms with van der Waals surface area (Å²) in [5.41, 5.74) is 2.01. The van der Waals surface area contributed by atoms with Crippen LogP contribution in [0.2, 0.25) is 0 Å². The fourth-order valence-electron chi connectivity index (χ4n) is 3.13. The van der Waals surface area contributed by atoms with E-state index in [0.717, 1.165) is 22.7 Å². The molecular weight excluding hydrogens is 396 g/mol. The highest BCUT2D eigenvalue weighted by Gasteiger charge is 2.18. The number of nitrogens with zero attached hydrogens (tertiary/aromatic N) is 2. The molecule has 2 aromatic carbocycles. The Morgan fingerprint density at radius 1 is 1.06 bits per heavy atom. The van der Waals surface area contributed by atoms with Gasteiger partial charge in [-0.2, -0.15) is 5.10 Å². The molecule has 0 saturated carbocycles. The summed E-state index contributed by atoms with van der Waals surface area (Å²) < 4.78 is 12.3. The van der Waals surface area contributed by atoms with Crippen LogP contribution >= 0.6 is 0 Å². The third-order valence-electron chi connectivity index (χ3n) is 4.85. The lowest BCUT2D eigenvalue weighted by atomic mass is 10.1. The number of carbonyl (C=O) groups excluding carboxylic acids is 2. The quantitative estimate of drug-likeness (QED) is 0.612. The van der Waals surface area contributed by atoms with Gasteiger partial charge in [-0.05, 0) is 36.2 Å². The Hall–Kier alpha value is -3.81. The van der Waals surface area contributed by atoms with Crippen molar-refractivity contribution in [2.24, 2.45) is 5.92 Å². The molecule has 1 aliphatic rings. The van der Waals surface area contributed by atoms with Crippen LogP contribution in [0.25, 0.3) is 5.69 Å². The van der Waals surface area contributed by atoms with Crippen LogP contribution in [-0.2, 0) is 11.2 Å². The van der Waals surface area contributed by atoms with Crippen LogP contribution in [-0.4, -0.2) is 34.9 Å². The summed E-state index contributed by atoms with van der Waals surface area (Å²) in [5, 5.41) is 10.1. The van der Waals surface area contributed by atoms with E-state index in [-0.39, 0.29) is 30.2 Å². The highest BCUT2D eigenvalue weighted by atomic mass is 16.7. The van der Waals surface area contributed by atoms with Crippen molar-refractivity contribution < 1.29 is 19.1 Å². The number of aromatic nitrogens is 2. The maximum absolute atomic E-state index is 12.7. The molecular formula is C23H24N4O4. The zero-order valence-corrected chi connectivity index (χ0v) is 17.4. The normalized spacial score (nSPS) is 12.1. The molecule has 2 heterocycles. The number of benzene rings is 2. The fraction of sp³-hybridized carbons (Fsp3) is 0.261. The number of amides is 2. The molecule has 1 aliphatic heterocycles. The van der Waals surface area contributed by atoms with Crippen molar-refractivity contribution in [1.29, 1.82) is 0 Å². The zero-order chi connectivity index (χ0) is 21.8. The Kier molecular flexibility index (Phi) is 5.88. The Balaban J connectivity index is 1.46. The maximum Gasteiger partial charge on any atom is 0.271 e. The second-order valence-electron chi connectivity index (χ2n) is 7.50. The lowest BCUT2D eigenvalue weighted by molar-refractivity contribution is -0.118. The number of ether oxygens (including phenoxy) is 2. The van der Waals surface area contributed by atoms with Gasteiger partial charge in [-0.1, -0.05) is 38.1 Å². The number of hydrogen-bond donors (Lipinski definition) is 2. The number of rotatable bonds is 7. The SMILES string of the molecule is CC(C)C(=O)Nc1cc(C(=O)NCCc2ccc3c(c2)OCO3)nn1-c1ccccc1. The maximum atomic E-state index is 12.7. The molecule has 0 saturated heterocycles. The Morgan fingerprint density at radius 2 is 1.84 bits per heavy atom. The molecule has 0 fully saturated rings. The third kappa shape index (κ3) is 4.69. The van der Waals surface area contributed by atoms with Gasteiger partial charge in [0.25, 0.3) is 5.91 Å². The minimum atomic E-state index is -0.310. The molecule has 4 rings (SSSR count). The van der Waals surface area contributed by atoms with Crippen LogP contribution in [0, 0.1) is 5.92 Å². The number of carbonyl (C=O) groups is 2. The van der Waals surface area contributed by atoms with E-state index in [0.29, 0.717) is 18.8 Å². The predicted molar refractivity (Wildman–Crippen MR) is 116 cm³/mol. The van der Waals surface area contributed by atoms with Gasteiger partial charge in [-0.15, -0.1) is 0 Å². The van der Waals surface area contributed by atoms with Crippen LogP contribution in [0.5, 0.6) is 11.5 Å². The molecule has 2 N–H and O–H groups in total. The first-order valence-corrected chi connectivity index (χ1v) is 10.1. The summed E-state index contributed by atoms with van der Waals surface area (Å²) >= 11 is 0. The molecule has 3 aromatic rings. The first kappa shape index (κ1) is 20.5. The smallest absolute Gasteiger partial charge is 0.271 e. The molecule has 0 spiro atoms. The van der Waals surface area contributed by atoms with Crippen LogP contribution in [0.1, 0.15) is 29.9 Å². The molecule has 31 heavy (non-hydrogen) atoms. The van der Waals surface area contributed by atoms with Gasteiger partial charge >= 0.3 is 0 Å². The van der Waals surface area contributed by atoms with Gasteiger partial charge in [0.15, 0.2) is 17.2 Å². The monoisotopic (exact) mass is 420 g/mol. The number of anilines is 1. The van der Waals surface area contributed by atoms with Gasteiger partial charge < -0.3 is 20.1 Å². The van der Waals surface area contributed by atoms with Crippen molar-refractivity contribution in [1.82, 2.24) is 15.1 Å². The summed E-state index contributed by atoms with van der Waals surface area (Å²) in [6.45, 7) is 4.28. The van der Waals surface area contributed by atoms with Crippen molar-refractivity contribution in [3.05, 3.63) is 65.9 Å². The largest absolute Gasteiger partial charge is 0.454 e. The van der Waals surface area contributed by atoms with Crippen molar-refractivity contribution in [2.45, 2.75) is 20.3 Å². The summed E-state index contributed by atoms with van der Waals surface area (Å²) in [5.74, 6) is 1.25.